The summed E-state index contributed by atoms with van der Waals surface area (Å²) in [7, 11) is 1.40. The first-order chi connectivity index (χ1) is 11.3. The molecule has 0 amide bonds. The van der Waals surface area contributed by atoms with Gasteiger partial charge in [-0.1, -0.05) is 12.1 Å². The van der Waals surface area contributed by atoms with Crippen LogP contribution in [0.3, 0.4) is 0 Å². The monoisotopic (exact) mass is 333 g/mol. The summed E-state index contributed by atoms with van der Waals surface area (Å²) >= 11 is 0. The highest BCUT2D eigenvalue weighted by molar-refractivity contribution is 6.62. The second kappa shape index (κ2) is 6.67. The predicted molar refractivity (Wildman–Crippen MR) is 96.0 cm³/mol. The Bertz CT molecular complexity index is 543. The summed E-state index contributed by atoms with van der Waals surface area (Å²) in [5.41, 5.74) is 1.63. The standard InChI is InChI=1S/C18H28BNO4/c1-17(2)18(3,4)24-19(23-17)14-6-8-15(9-7-14)20-10-11-22-16(12-20)13-21-5/h6-9,16H,10-13H2,1-5H3. The van der Waals surface area contributed by atoms with Crippen molar-refractivity contribution in [3.63, 3.8) is 0 Å². The Morgan fingerprint density at radius 1 is 1.12 bits per heavy atom. The highest BCUT2D eigenvalue weighted by Crippen LogP contribution is 2.36. The first-order valence-electron chi connectivity index (χ1n) is 8.63. The topological polar surface area (TPSA) is 40.2 Å². The van der Waals surface area contributed by atoms with E-state index < -0.39 is 0 Å². The molecule has 0 saturated carbocycles. The Hall–Kier alpha value is -1.08. The van der Waals surface area contributed by atoms with E-state index in [1.165, 1.54) is 5.69 Å². The molecule has 0 aliphatic carbocycles. The van der Waals surface area contributed by atoms with Gasteiger partial charge in [-0.05, 0) is 45.3 Å². The van der Waals surface area contributed by atoms with E-state index in [4.69, 9.17) is 18.8 Å². The molecule has 3 rings (SSSR count). The molecule has 0 spiro atoms. The molecule has 6 heteroatoms. The number of benzene rings is 1. The zero-order chi connectivity index (χ0) is 17.4. The molecular formula is C18H28BNO4. The van der Waals surface area contributed by atoms with Crippen LogP contribution in [-0.4, -0.2) is 57.8 Å². The minimum atomic E-state index is -0.312. The minimum Gasteiger partial charge on any atom is -0.399 e. The van der Waals surface area contributed by atoms with Crippen LogP contribution in [0.25, 0.3) is 0 Å². The van der Waals surface area contributed by atoms with E-state index in [0.29, 0.717) is 6.61 Å². The van der Waals surface area contributed by atoms with Crippen LogP contribution >= 0.6 is 0 Å². The Balaban J connectivity index is 1.68. The van der Waals surface area contributed by atoms with Crippen molar-refractivity contribution < 1.29 is 18.8 Å². The number of ether oxygens (including phenoxy) is 2. The number of methoxy groups -OCH3 is 1. The highest BCUT2D eigenvalue weighted by Gasteiger charge is 2.51. The first-order valence-corrected chi connectivity index (χ1v) is 8.63. The van der Waals surface area contributed by atoms with Gasteiger partial charge in [0, 0.05) is 25.9 Å². The maximum absolute atomic E-state index is 6.11. The Morgan fingerprint density at radius 2 is 1.75 bits per heavy atom. The number of anilines is 1. The van der Waals surface area contributed by atoms with Crippen LogP contribution in [0.5, 0.6) is 0 Å². The van der Waals surface area contributed by atoms with Crippen molar-refractivity contribution in [3.05, 3.63) is 24.3 Å². The molecule has 1 unspecified atom stereocenters. The molecule has 1 atom stereocenters. The molecule has 24 heavy (non-hydrogen) atoms. The average Bonchev–Trinajstić information content (AvgIpc) is 2.76. The van der Waals surface area contributed by atoms with Crippen molar-refractivity contribution >= 4 is 18.3 Å². The summed E-state index contributed by atoms with van der Waals surface area (Å²) < 4.78 is 23.1. The first kappa shape index (κ1) is 17.7. The SMILES string of the molecule is COCC1CN(c2ccc(B3OC(C)(C)C(C)(C)O3)cc2)CCO1. The fourth-order valence-electron chi connectivity index (χ4n) is 3.06. The lowest BCUT2D eigenvalue weighted by Gasteiger charge is -2.34. The zero-order valence-electron chi connectivity index (χ0n) is 15.4. The molecule has 2 aliphatic heterocycles. The lowest BCUT2D eigenvalue weighted by Crippen LogP contribution is -2.44. The summed E-state index contributed by atoms with van der Waals surface area (Å²) in [6.45, 7) is 11.4. The summed E-state index contributed by atoms with van der Waals surface area (Å²) in [6, 6.07) is 8.46. The van der Waals surface area contributed by atoms with E-state index >= 15 is 0 Å². The molecule has 0 aromatic heterocycles. The van der Waals surface area contributed by atoms with E-state index in [1.54, 1.807) is 7.11 Å². The van der Waals surface area contributed by atoms with Gasteiger partial charge in [-0.2, -0.15) is 0 Å². The average molecular weight is 333 g/mol. The van der Waals surface area contributed by atoms with Gasteiger partial charge in [-0.3, -0.25) is 0 Å². The highest BCUT2D eigenvalue weighted by atomic mass is 16.7. The second-order valence-electron chi connectivity index (χ2n) is 7.57. The van der Waals surface area contributed by atoms with E-state index in [0.717, 1.165) is 25.2 Å². The van der Waals surface area contributed by atoms with Crippen molar-refractivity contribution in [2.45, 2.75) is 45.0 Å². The minimum absolute atomic E-state index is 0.131. The number of hydrogen-bond acceptors (Lipinski definition) is 5. The number of nitrogens with zero attached hydrogens (tertiary/aromatic N) is 1. The normalized spacial score (nSPS) is 26.0. The largest absolute Gasteiger partial charge is 0.494 e. The molecule has 2 aliphatic rings. The Labute approximate surface area is 145 Å². The lowest BCUT2D eigenvalue weighted by atomic mass is 9.79. The summed E-state index contributed by atoms with van der Waals surface area (Å²) in [4.78, 5) is 2.33. The van der Waals surface area contributed by atoms with Crippen LogP contribution < -0.4 is 10.4 Å². The smallest absolute Gasteiger partial charge is 0.399 e. The lowest BCUT2D eigenvalue weighted by molar-refractivity contribution is -0.0100. The molecule has 2 saturated heterocycles. The van der Waals surface area contributed by atoms with Crippen LogP contribution in [0.2, 0.25) is 0 Å². The molecule has 1 aromatic carbocycles. The number of rotatable bonds is 4. The molecule has 5 nitrogen and oxygen atoms in total. The van der Waals surface area contributed by atoms with Crippen LogP contribution in [0, 0.1) is 0 Å². The van der Waals surface area contributed by atoms with Gasteiger partial charge in [0.05, 0.1) is 30.5 Å². The van der Waals surface area contributed by atoms with E-state index in [2.05, 4.69) is 56.9 Å². The Kier molecular flexibility index (Phi) is 4.93. The maximum Gasteiger partial charge on any atom is 0.494 e. The molecule has 1 aromatic rings. The zero-order valence-corrected chi connectivity index (χ0v) is 15.4. The van der Waals surface area contributed by atoms with Crippen molar-refractivity contribution in [2.75, 3.05) is 38.3 Å². The maximum atomic E-state index is 6.11. The molecule has 0 radical (unpaired) electrons. The van der Waals surface area contributed by atoms with Crippen LogP contribution in [0.15, 0.2) is 24.3 Å². The summed E-state index contributed by atoms with van der Waals surface area (Å²) in [5, 5.41) is 0. The Morgan fingerprint density at radius 3 is 2.33 bits per heavy atom. The third kappa shape index (κ3) is 3.47. The molecular weight excluding hydrogens is 305 g/mol. The fourth-order valence-corrected chi connectivity index (χ4v) is 3.06. The fraction of sp³-hybridized carbons (Fsp3) is 0.667. The predicted octanol–water partition coefficient (Wildman–Crippen LogP) is 1.84. The van der Waals surface area contributed by atoms with Gasteiger partial charge in [-0.25, -0.2) is 0 Å². The van der Waals surface area contributed by atoms with Crippen molar-refractivity contribution in [3.8, 4) is 0 Å². The van der Waals surface area contributed by atoms with Crippen molar-refractivity contribution in [1.82, 2.24) is 0 Å². The quantitative estimate of drug-likeness (QED) is 0.787. The van der Waals surface area contributed by atoms with Crippen LogP contribution in [0.4, 0.5) is 5.69 Å². The third-order valence-electron chi connectivity index (χ3n) is 5.27. The van der Waals surface area contributed by atoms with Gasteiger partial charge in [0.2, 0.25) is 0 Å². The van der Waals surface area contributed by atoms with E-state index in [1.807, 2.05) is 0 Å². The number of hydrogen-bond donors (Lipinski definition) is 0. The van der Waals surface area contributed by atoms with Gasteiger partial charge in [0.15, 0.2) is 0 Å². The van der Waals surface area contributed by atoms with Crippen molar-refractivity contribution in [2.24, 2.45) is 0 Å². The van der Waals surface area contributed by atoms with Gasteiger partial charge < -0.3 is 23.7 Å². The third-order valence-corrected chi connectivity index (χ3v) is 5.27. The second-order valence-corrected chi connectivity index (χ2v) is 7.57. The van der Waals surface area contributed by atoms with Gasteiger partial charge >= 0.3 is 7.12 Å². The van der Waals surface area contributed by atoms with Gasteiger partial charge in [0.25, 0.3) is 0 Å². The summed E-state index contributed by atoms with van der Waals surface area (Å²) in [5.74, 6) is 0. The number of morpholine rings is 1. The molecule has 0 bridgehead atoms. The summed E-state index contributed by atoms with van der Waals surface area (Å²) in [6.07, 6.45) is 0.131. The molecule has 0 N–H and O–H groups in total. The molecule has 2 heterocycles. The van der Waals surface area contributed by atoms with Crippen LogP contribution in [-0.2, 0) is 18.8 Å². The van der Waals surface area contributed by atoms with E-state index in [-0.39, 0.29) is 24.4 Å². The van der Waals surface area contributed by atoms with Gasteiger partial charge in [0.1, 0.15) is 0 Å². The van der Waals surface area contributed by atoms with E-state index in [9.17, 15) is 0 Å². The van der Waals surface area contributed by atoms with Crippen LogP contribution in [0.1, 0.15) is 27.7 Å². The molecule has 132 valence electrons. The van der Waals surface area contributed by atoms with Crippen molar-refractivity contribution in [1.29, 1.82) is 0 Å². The molecule has 2 fully saturated rings. The van der Waals surface area contributed by atoms with Gasteiger partial charge in [-0.15, -0.1) is 0 Å².